The Labute approximate surface area is 104 Å². The number of furan rings is 1. The van der Waals surface area contributed by atoms with Crippen LogP contribution in [0, 0.1) is 5.92 Å². The van der Waals surface area contributed by atoms with Crippen LogP contribution in [-0.4, -0.2) is 24.3 Å². The van der Waals surface area contributed by atoms with Gasteiger partial charge in [0.2, 0.25) is 0 Å². The minimum Gasteiger partial charge on any atom is -0.453 e. The Balaban J connectivity index is 2.62. The number of aliphatic hydroxyl groups excluding tert-OH is 1. The molecule has 0 radical (unpaired) electrons. The molecule has 0 aromatic carbocycles. The van der Waals surface area contributed by atoms with Gasteiger partial charge in [0.25, 0.3) is 0 Å². The summed E-state index contributed by atoms with van der Waals surface area (Å²) in [4.78, 5) is 0. The van der Waals surface area contributed by atoms with Gasteiger partial charge < -0.3 is 20.6 Å². The highest BCUT2D eigenvalue weighted by Crippen LogP contribution is 2.20. The summed E-state index contributed by atoms with van der Waals surface area (Å²) in [6.45, 7) is 4.64. The van der Waals surface area contributed by atoms with Crippen molar-refractivity contribution in [3.63, 3.8) is 0 Å². The molecular weight excluding hydrogens is 272 g/mol. The molecule has 0 aliphatic heterocycles. The van der Waals surface area contributed by atoms with E-state index in [0.717, 1.165) is 5.76 Å². The minimum absolute atomic E-state index is 0.0182. The first kappa shape index (κ1) is 13.7. The zero-order valence-corrected chi connectivity index (χ0v) is 11.2. The van der Waals surface area contributed by atoms with Crippen molar-refractivity contribution in [3.8, 4) is 0 Å². The number of hydrogen-bond donors (Lipinski definition) is 3. The van der Waals surface area contributed by atoms with E-state index in [9.17, 15) is 0 Å². The second-order valence-corrected chi connectivity index (χ2v) is 4.83. The molecule has 0 aliphatic carbocycles. The molecule has 0 bridgehead atoms. The fourth-order valence-corrected chi connectivity index (χ4v) is 1.74. The van der Waals surface area contributed by atoms with E-state index >= 15 is 0 Å². The lowest BCUT2D eigenvalue weighted by molar-refractivity contribution is 0.198. The smallest absolute Gasteiger partial charge is 0.169 e. The van der Waals surface area contributed by atoms with Gasteiger partial charge in [0.1, 0.15) is 5.76 Å². The quantitative estimate of drug-likeness (QED) is 0.745. The maximum absolute atomic E-state index is 9.06. The molecular formula is C11H19BrN2O2. The summed E-state index contributed by atoms with van der Waals surface area (Å²) in [5.74, 6) is 0.999. The van der Waals surface area contributed by atoms with E-state index in [-0.39, 0.29) is 24.6 Å². The zero-order valence-electron chi connectivity index (χ0n) is 9.61. The van der Waals surface area contributed by atoms with Crippen molar-refractivity contribution in [2.45, 2.75) is 25.9 Å². The molecule has 4 N–H and O–H groups in total. The van der Waals surface area contributed by atoms with E-state index in [2.05, 4.69) is 21.2 Å². The highest BCUT2D eigenvalue weighted by atomic mass is 79.9. The van der Waals surface area contributed by atoms with Gasteiger partial charge in [0, 0.05) is 19.2 Å². The summed E-state index contributed by atoms with van der Waals surface area (Å²) in [7, 11) is 0. The predicted octanol–water partition coefficient (Wildman–Crippen LogP) is 1.65. The molecule has 1 aromatic heterocycles. The average Bonchev–Trinajstić information content (AvgIpc) is 2.71. The van der Waals surface area contributed by atoms with Crippen LogP contribution >= 0.6 is 15.9 Å². The Kier molecular flexibility index (Phi) is 5.48. The van der Waals surface area contributed by atoms with Gasteiger partial charge in [-0.3, -0.25) is 0 Å². The lowest BCUT2D eigenvalue weighted by Gasteiger charge is -2.24. The fourth-order valence-electron chi connectivity index (χ4n) is 1.42. The monoisotopic (exact) mass is 290 g/mol. The summed E-state index contributed by atoms with van der Waals surface area (Å²) < 4.78 is 6.16. The van der Waals surface area contributed by atoms with Gasteiger partial charge in [-0.1, -0.05) is 6.92 Å². The third-order valence-electron chi connectivity index (χ3n) is 2.78. The molecule has 0 aliphatic rings. The van der Waals surface area contributed by atoms with Gasteiger partial charge >= 0.3 is 0 Å². The van der Waals surface area contributed by atoms with Crippen LogP contribution in [0.1, 0.15) is 25.6 Å². The molecule has 0 amide bonds. The Morgan fingerprint density at radius 2 is 2.19 bits per heavy atom. The number of rotatable bonds is 6. The summed E-state index contributed by atoms with van der Waals surface area (Å²) >= 11 is 3.26. The Morgan fingerprint density at radius 3 is 2.62 bits per heavy atom. The van der Waals surface area contributed by atoms with Crippen LogP contribution in [0.2, 0.25) is 0 Å². The topological polar surface area (TPSA) is 71.4 Å². The highest BCUT2D eigenvalue weighted by Gasteiger charge is 2.19. The van der Waals surface area contributed by atoms with Crippen molar-refractivity contribution in [1.82, 2.24) is 5.32 Å². The van der Waals surface area contributed by atoms with Crippen LogP contribution in [0.4, 0.5) is 0 Å². The van der Waals surface area contributed by atoms with Gasteiger partial charge in [-0.15, -0.1) is 0 Å². The molecule has 1 rings (SSSR count). The second-order valence-electron chi connectivity index (χ2n) is 4.05. The molecule has 16 heavy (non-hydrogen) atoms. The second kappa shape index (κ2) is 6.39. The van der Waals surface area contributed by atoms with Crippen LogP contribution < -0.4 is 11.1 Å². The van der Waals surface area contributed by atoms with Crippen molar-refractivity contribution in [2.24, 2.45) is 11.7 Å². The fraction of sp³-hybridized carbons (Fsp3) is 0.636. The maximum Gasteiger partial charge on any atom is 0.169 e. The number of halogens is 1. The van der Waals surface area contributed by atoms with E-state index in [1.165, 1.54) is 0 Å². The molecule has 92 valence electrons. The summed E-state index contributed by atoms with van der Waals surface area (Å²) in [6.07, 6.45) is 0. The van der Waals surface area contributed by atoms with Gasteiger partial charge in [0.15, 0.2) is 4.67 Å². The van der Waals surface area contributed by atoms with Crippen molar-refractivity contribution in [3.05, 3.63) is 22.6 Å². The van der Waals surface area contributed by atoms with E-state index < -0.39 is 0 Å². The summed E-state index contributed by atoms with van der Waals surface area (Å²) in [5, 5.41) is 12.4. The third-order valence-corrected chi connectivity index (χ3v) is 3.20. The van der Waals surface area contributed by atoms with Crippen molar-refractivity contribution >= 4 is 15.9 Å². The molecule has 5 heteroatoms. The van der Waals surface area contributed by atoms with Gasteiger partial charge in [-0.05, 0) is 40.9 Å². The van der Waals surface area contributed by atoms with Gasteiger partial charge in [-0.25, -0.2) is 0 Å². The van der Waals surface area contributed by atoms with Gasteiger partial charge in [-0.2, -0.15) is 0 Å². The van der Waals surface area contributed by atoms with Crippen LogP contribution in [0.25, 0.3) is 0 Å². The lowest BCUT2D eigenvalue weighted by Crippen LogP contribution is -2.39. The SMILES string of the molecule is CC(CO)C(C)NC(CN)c1ccc(Br)o1. The molecule has 0 saturated carbocycles. The normalized spacial score (nSPS) is 17.1. The number of hydrogen-bond acceptors (Lipinski definition) is 4. The van der Waals surface area contributed by atoms with E-state index in [1.807, 2.05) is 26.0 Å². The lowest BCUT2D eigenvalue weighted by atomic mass is 10.0. The summed E-state index contributed by atoms with van der Waals surface area (Å²) in [5.41, 5.74) is 5.70. The Bertz CT molecular complexity index is 317. The highest BCUT2D eigenvalue weighted by molar-refractivity contribution is 9.10. The largest absolute Gasteiger partial charge is 0.453 e. The van der Waals surface area contributed by atoms with Crippen molar-refractivity contribution < 1.29 is 9.52 Å². The summed E-state index contributed by atoms with van der Waals surface area (Å²) in [6, 6.07) is 3.91. The van der Waals surface area contributed by atoms with E-state index in [1.54, 1.807) is 0 Å². The maximum atomic E-state index is 9.06. The van der Waals surface area contributed by atoms with Crippen molar-refractivity contribution in [1.29, 1.82) is 0 Å². The predicted molar refractivity (Wildman–Crippen MR) is 67.1 cm³/mol. The molecule has 4 nitrogen and oxygen atoms in total. The van der Waals surface area contributed by atoms with Crippen molar-refractivity contribution in [2.75, 3.05) is 13.2 Å². The first-order valence-corrected chi connectivity index (χ1v) is 6.20. The minimum atomic E-state index is -0.0182. The Morgan fingerprint density at radius 1 is 1.50 bits per heavy atom. The third kappa shape index (κ3) is 3.59. The first-order valence-electron chi connectivity index (χ1n) is 5.40. The van der Waals surface area contributed by atoms with Gasteiger partial charge in [0.05, 0.1) is 6.04 Å². The average molecular weight is 291 g/mol. The Hall–Kier alpha value is -0.360. The molecule has 0 saturated heterocycles. The molecule has 0 fully saturated rings. The molecule has 0 spiro atoms. The molecule has 3 atom stereocenters. The van der Waals surface area contributed by atoms with Crippen LogP contribution in [0.15, 0.2) is 21.2 Å². The van der Waals surface area contributed by atoms with E-state index in [4.69, 9.17) is 15.3 Å². The number of nitrogens with one attached hydrogen (secondary N) is 1. The zero-order chi connectivity index (χ0) is 12.1. The van der Waals surface area contributed by atoms with E-state index in [0.29, 0.717) is 11.2 Å². The molecule has 1 aromatic rings. The van der Waals surface area contributed by atoms with Crippen LogP contribution in [-0.2, 0) is 0 Å². The number of nitrogens with two attached hydrogens (primary N) is 1. The van der Waals surface area contributed by atoms with Crippen LogP contribution in [0.3, 0.4) is 0 Å². The number of aliphatic hydroxyl groups is 1. The molecule has 1 heterocycles. The first-order chi connectivity index (χ1) is 7.58. The molecule has 3 unspecified atom stereocenters. The standard InChI is InChI=1S/C11H19BrN2O2/c1-7(6-15)8(2)14-9(5-13)10-3-4-11(12)16-10/h3-4,7-9,14-15H,5-6,13H2,1-2H3. The van der Waals surface area contributed by atoms with Crippen LogP contribution in [0.5, 0.6) is 0 Å².